The van der Waals surface area contributed by atoms with Crippen LogP contribution in [0.4, 0.5) is 0 Å². The minimum Gasteiger partial charge on any atom is -0.459 e. The second kappa shape index (κ2) is 19.8. The lowest BCUT2D eigenvalue weighted by Crippen LogP contribution is -2.61. The van der Waals surface area contributed by atoms with E-state index in [9.17, 15) is 35.1 Å². The quantitative estimate of drug-likeness (QED) is 0.124. The van der Waals surface area contributed by atoms with Gasteiger partial charge < -0.3 is 58.9 Å². The Hall–Kier alpha value is -1.50. The number of carbonyl (C=O) groups is 2. The van der Waals surface area contributed by atoms with Crippen molar-refractivity contribution in [2.24, 2.45) is 23.7 Å². The Labute approximate surface area is 326 Å². The maximum atomic E-state index is 14.1. The first kappa shape index (κ1) is 48.6. The third kappa shape index (κ3) is 11.1. The van der Waals surface area contributed by atoms with Crippen molar-refractivity contribution >= 4 is 29.1 Å². The Bertz CT molecular complexity index is 1270. The van der Waals surface area contributed by atoms with Crippen molar-refractivity contribution in [1.82, 2.24) is 4.90 Å². The molecule has 15 nitrogen and oxygen atoms in total. The van der Waals surface area contributed by atoms with Crippen LogP contribution in [0.5, 0.6) is 0 Å². The summed E-state index contributed by atoms with van der Waals surface area (Å²) < 4.78 is 37.1. The third-order valence-electron chi connectivity index (χ3n) is 11.8. The molecule has 3 aliphatic heterocycles. The predicted octanol–water partition coefficient (Wildman–Crippen LogP) is 2.45. The highest BCUT2D eigenvalue weighted by atomic mass is 32.1. The summed E-state index contributed by atoms with van der Waals surface area (Å²) >= 11 is 3.81. The molecular weight excluding hydrogens is 724 g/mol. The van der Waals surface area contributed by atoms with E-state index in [1.165, 1.54) is 27.9 Å². The molecule has 0 aromatic carbocycles. The molecule has 54 heavy (non-hydrogen) atoms. The zero-order valence-corrected chi connectivity index (χ0v) is 35.2. The predicted molar refractivity (Wildman–Crippen MR) is 202 cm³/mol. The van der Waals surface area contributed by atoms with Gasteiger partial charge in [0.15, 0.2) is 12.6 Å². The molecule has 0 saturated carbocycles. The largest absolute Gasteiger partial charge is 0.459 e. The highest BCUT2D eigenvalue weighted by Crippen LogP contribution is 2.40. The first-order valence-electron chi connectivity index (χ1n) is 18.9. The fourth-order valence-corrected chi connectivity index (χ4v) is 8.41. The van der Waals surface area contributed by atoms with Gasteiger partial charge in [-0.1, -0.05) is 27.7 Å². The van der Waals surface area contributed by atoms with Gasteiger partial charge in [-0.25, -0.2) is 5.41 Å². The average Bonchev–Trinajstić information content (AvgIpc) is 3.09. The van der Waals surface area contributed by atoms with Crippen molar-refractivity contribution in [3.05, 3.63) is 0 Å². The van der Waals surface area contributed by atoms with Gasteiger partial charge in [0.1, 0.15) is 29.7 Å². The number of nitrogens with zero attached hydrogens (tertiary/aromatic N) is 1. The number of likely N-dealkylation sites (N-methyl/N-ethyl adjacent to an activating group) is 1. The van der Waals surface area contributed by atoms with Gasteiger partial charge in [0.2, 0.25) is 0 Å². The van der Waals surface area contributed by atoms with Crippen molar-refractivity contribution in [1.29, 1.82) is 5.41 Å². The smallest absolute Gasteiger partial charge is 0.311 e. The molecule has 3 rings (SSSR count). The van der Waals surface area contributed by atoms with E-state index in [1.807, 2.05) is 25.9 Å². The maximum Gasteiger partial charge on any atom is 0.311 e. The van der Waals surface area contributed by atoms with Gasteiger partial charge in [-0.3, -0.25) is 9.59 Å². The van der Waals surface area contributed by atoms with Gasteiger partial charge in [-0.15, -0.1) is 0 Å². The Morgan fingerprint density at radius 3 is 2.04 bits per heavy atom. The molecule has 16 heteroatoms. The summed E-state index contributed by atoms with van der Waals surface area (Å²) in [6, 6.07) is -0.324. The maximum absolute atomic E-state index is 14.1. The number of aliphatic hydroxyl groups is 5. The van der Waals surface area contributed by atoms with Crippen LogP contribution < -0.4 is 0 Å². The number of rotatable bonds is 7. The SMILES string of the molecule is CC[C@H]1OC(=O)[C@H](C)[C@@H](O[C@H]2C[C@@](C)(OC)[C@@H](O)[C@H](C)O2)[C@@H](C)[C@@H](O[C@@H]2O[C@H](C)C[C@H](N(C)C)[C@H]2O)[C@](C)(O)C[C@@H](C)C(=O)[C@H](C)[C@H](O)[C@]1(C)O.N=C=S. The van der Waals surface area contributed by atoms with Crippen LogP contribution in [0, 0.1) is 29.1 Å². The molecule has 0 aromatic rings. The number of ketones is 1. The van der Waals surface area contributed by atoms with Gasteiger partial charge in [0.25, 0.3) is 0 Å². The van der Waals surface area contributed by atoms with E-state index in [2.05, 4.69) is 12.2 Å². The zero-order chi connectivity index (χ0) is 41.7. The van der Waals surface area contributed by atoms with Gasteiger partial charge in [-0.2, -0.15) is 0 Å². The average molecular weight is 793 g/mol. The molecule has 3 heterocycles. The molecule has 3 aliphatic rings. The first-order chi connectivity index (χ1) is 24.8. The van der Waals surface area contributed by atoms with Gasteiger partial charge in [0, 0.05) is 37.3 Å². The number of thiocarbonyl (C=S) groups is 1. The van der Waals surface area contributed by atoms with Crippen molar-refractivity contribution in [2.45, 2.75) is 179 Å². The number of hydrogen-bond acceptors (Lipinski definition) is 16. The van der Waals surface area contributed by atoms with Crippen LogP contribution in [0.15, 0.2) is 0 Å². The lowest BCUT2D eigenvalue weighted by atomic mass is 9.74. The van der Waals surface area contributed by atoms with E-state index in [4.69, 9.17) is 33.8 Å². The number of Topliss-reactive ketones (excluding diaryl/α,β-unsaturated/α-hetero) is 1. The van der Waals surface area contributed by atoms with Gasteiger partial charge >= 0.3 is 5.97 Å². The van der Waals surface area contributed by atoms with Crippen molar-refractivity contribution in [3.63, 3.8) is 0 Å². The van der Waals surface area contributed by atoms with E-state index < -0.39 is 108 Å². The monoisotopic (exact) mass is 792 g/mol. The molecular formula is C38H68N2O13S. The number of aliphatic hydroxyl groups excluding tert-OH is 3. The molecule has 6 N–H and O–H groups in total. The normalized spacial score (nSPS) is 47.1. The summed E-state index contributed by atoms with van der Waals surface area (Å²) in [5.74, 6) is -4.98. The van der Waals surface area contributed by atoms with Crippen molar-refractivity contribution < 1.29 is 63.5 Å². The van der Waals surface area contributed by atoms with Crippen LogP contribution in [0.1, 0.15) is 94.9 Å². The molecule has 0 unspecified atom stereocenters. The Morgan fingerprint density at radius 1 is 0.944 bits per heavy atom. The molecule has 18 atom stereocenters. The highest BCUT2D eigenvalue weighted by molar-refractivity contribution is 7.78. The van der Waals surface area contributed by atoms with Crippen LogP contribution in [0.2, 0.25) is 0 Å². The molecule has 0 spiro atoms. The number of ether oxygens (including phenoxy) is 6. The zero-order valence-electron chi connectivity index (χ0n) is 34.3. The summed E-state index contributed by atoms with van der Waals surface area (Å²) in [7, 11) is 5.18. The molecule has 0 bridgehead atoms. The van der Waals surface area contributed by atoms with E-state index >= 15 is 0 Å². The Kier molecular flexibility index (Phi) is 17.8. The molecule has 3 saturated heterocycles. The molecule has 0 aliphatic carbocycles. The third-order valence-corrected chi connectivity index (χ3v) is 11.8. The minimum atomic E-state index is -1.99. The van der Waals surface area contributed by atoms with E-state index in [0.29, 0.717) is 6.42 Å². The fourth-order valence-electron chi connectivity index (χ4n) is 8.41. The Balaban J connectivity index is 0.00000325. The molecule has 314 valence electrons. The summed E-state index contributed by atoms with van der Waals surface area (Å²) in [6.45, 7) is 16.3. The number of methoxy groups -OCH3 is 1. The molecule has 3 fully saturated rings. The van der Waals surface area contributed by atoms with Crippen LogP contribution in [0.25, 0.3) is 0 Å². The molecule has 0 aromatic heterocycles. The number of cyclic esters (lactones) is 1. The summed E-state index contributed by atoms with van der Waals surface area (Å²) in [5.41, 5.74) is -4.84. The van der Waals surface area contributed by atoms with E-state index in [0.717, 1.165) is 0 Å². The second-order valence-corrected chi connectivity index (χ2v) is 16.8. The van der Waals surface area contributed by atoms with Crippen molar-refractivity contribution in [3.8, 4) is 0 Å². The summed E-state index contributed by atoms with van der Waals surface area (Å²) in [5, 5.41) is 65.0. The van der Waals surface area contributed by atoms with E-state index in [-0.39, 0.29) is 31.4 Å². The summed E-state index contributed by atoms with van der Waals surface area (Å²) in [4.78, 5) is 29.8. The number of hydrogen-bond donors (Lipinski definition) is 6. The van der Waals surface area contributed by atoms with Gasteiger partial charge in [0.05, 0.1) is 52.8 Å². The number of isothiocyanates is 1. The van der Waals surface area contributed by atoms with Crippen LogP contribution >= 0.6 is 12.2 Å². The topological polar surface area (TPSA) is 218 Å². The van der Waals surface area contributed by atoms with Crippen molar-refractivity contribution in [2.75, 3.05) is 21.2 Å². The Morgan fingerprint density at radius 2 is 1.52 bits per heavy atom. The lowest BCUT2D eigenvalue weighted by Gasteiger charge is -2.49. The van der Waals surface area contributed by atoms with Crippen LogP contribution in [0.3, 0.4) is 0 Å². The standard InChI is InChI=1S/C37H67NO13.CHNS/c1-14-25-37(10,45)30(41)20(4)27(39)18(2)16-35(8,44)32(51-34-28(40)24(38(11)12)15-19(3)47-34)21(5)29(22(6)33(43)49-25)50-26-17-36(9,46-13)31(42)23(7)48-26;2-1-3/h18-26,28-32,34,40-42,44-45H,14-17H2,1-13H3;2H/t18-,19-,20+,21-,22-,23+,24+,25-,26+,28-,29+,30+,31+,32-,34+,35-,36-,37-;/m1./s1. The molecule has 0 radical (unpaired) electrons. The number of esters is 1. The first-order valence-corrected chi connectivity index (χ1v) is 19.4. The minimum absolute atomic E-state index is 0.0936. The fraction of sp³-hybridized carbons (Fsp3) is 0.921. The van der Waals surface area contributed by atoms with E-state index in [1.54, 1.807) is 46.7 Å². The number of carbonyl (C=O) groups excluding carboxylic acids is 2. The van der Waals surface area contributed by atoms with Crippen LogP contribution in [-0.4, -0.2) is 153 Å². The second-order valence-electron chi connectivity index (χ2n) is 16.6. The van der Waals surface area contributed by atoms with Crippen LogP contribution in [-0.2, 0) is 38.0 Å². The number of nitrogens with one attached hydrogen (secondary N) is 1. The highest BCUT2D eigenvalue weighted by Gasteiger charge is 2.53. The summed E-state index contributed by atoms with van der Waals surface area (Å²) in [6.07, 6.45) is -9.71. The van der Waals surface area contributed by atoms with Gasteiger partial charge in [-0.05, 0) is 87.1 Å². The molecule has 0 amide bonds. The lowest BCUT2D eigenvalue weighted by molar-refractivity contribution is -0.318.